The molecule has 1 aliphatic heterocycles. The second-order valence-corrected chi connectivity index (χ2v) is 6.42. The smallest absolute Gasteiger partial charge is 0.223 e. The van der Waals surface area contributed by atoms with E-state index in [1.807, 2.05) is 0 Å². The molecule has 0 unspecified atom stereocenters. The van der Waals surface area contributed by atoms with Gasteiger partial charge in [0.05, 0.1) is 0 Å². The zero-order valence-corrected chi connectivity index (χ0v) is 12.7. The van der Waals surface area contributed by atoms with Gasteiger partial charge in [-0.2, -0.15) is 0 Å². The number of hydrogen-bond donors (Lipinski definition) is 1. The van der Waals surface area contributed by atoms with Crippen LogP contribution in [0.2, 0.25) is 0 Å². The molecule has 22 heavy (non-hydrogen) atoms. The molecule has 1 heterocycles. The van der Waals surface area contributed by atoms with Crippen LogP contribution in [0.4, 0.5) is 8.78 Å². The van der Waals surface area contributed by atoms with Crippen LogP contribution >= 0.6 is 0 Å². The third-order valence-electron chi connectivity index (χ3n) is 4.81. The van der Waals surface area contributed by atoms with E-state index in [9.17, 15) is 13.6 Å². The van der Waals surface area contributed by atoms with E-state index >= 15 is 0 Å². The number of nitrogens with one attached hydrogen (secondary N) is 1. The molecule has 3 nitrogen and oxygen atoms in total. The van der Waals surface area contributed by atoms with Gasteiger partial charge in [0.1, 0.15) is 11.6 Å². The van der Waals surface area contributed by atoms with Crippen LogP contribution in [0.1, 0.15) is 37.7 Å². The Morgan fingerprint density at radius 3 is 2.55 bits per heavy atom. The van der Waals surface area contributed by atoms with Gasteiger partial charge in [0.2, 0.25) is 5.91 Å². The second-order valence-electron chi connectivity index (χ2n) is 6.42. The van der Waals surface area contributed by atoms with Crippen molar-refractivity contribution in [1.29, 1.82) is 0 Å². The Hall–Kier alpha value is -1.49. The Morgan fingerprint density at radius 2 is 1.91 bits per heavy atom. The predicted molar refractivity (Wildman–Crippen MR) is 80.1 cm³/mol. The molecule has 0 aromatic heterocycles. The molecule has 1 saturated heterocycles. The van der Waals surface area contributed by atoms with Gasteiger partial charge in [-0.3, -0.25) is 9.69 Å². The SMILES string of the molecule is O=C(NC1CCN(Cc2cc(F)ccc2F)CC1)C1CCC1. The van der Waals surface area contributed by atoms with Gasteiger partial charge >= 0.3 is 0 Å². The number of likely N-dealkylation sites (tertiary alicyclic amines) is 1. The molecule has 3 rings (SSSR count). The summed E-state index contributed by atoms with van der Waals surface area (Å²) >= 11 is 0. The number of piperidine rings is 1. The Labute approximate surface area is 129 Å². The van der Waals surface area contributed by atoms with Crippen LogP contribution < -0.4 is 5.32 Å². The van der Waals surface area contributed by atoms with Crippen LogP contribution in [0, 0.1) is 17.6 Å². The van der Waals surface area contributed by atoms with Crippen molar-refractivity contribution in [1.82, 2.24) is 10.2 Å². The van der Waals surface area contributed by atoms with Crippen molar-refractivity contribution < 1.29 is 13.6 Å². The minimum Gasteiger partial charge on any atom is -0.353 e. The first-order chi connectivity index (χ1) is 10.6. The van der Waals surface area contributed by atoms with Crippen molar-refractivity contribution in [2.45, 2.75) is 44.7 Å². The van der Waals surface area contributed by atoms with Gasteiger partial charge in [0.25, 0.3) is 0 Å². The maximum Gasteiger partial charge on any atom is 0.223 e. The van der Waals surface area contributed by atoms with Gasteiger partial charge < -0.3 is 5.32 Å². The van der Waals surface area contributed by atoms with Crippen molar-refractivity contribution in [3.63, 3.8) is 0 Å². The number of halogens is 2. The summed E-state index contributed by atoms with van der Waals surface area (Å²) in [6.07, 6.45) is 4.94. The number of amides is 1. The molecule has 1 amide bonds. The molecule has 1 aromatic carbocycles. The first-order valence-corrected chi connectivity index (χ1v) is 8.08. The van der Waals surface area contributed by atoms with Gasteiger partial charge in [-0.1, -0.05) is 6.42 Å². The molecular weight excluding hydrogens is 286 g/mol. The van der Waals surface area contributed by atoms with E-state index in [-0.39, 0.29) is 23.7 Å². The molecule has 0 bridgehead atoms. The first-order valence-electron chi connectivity index (χ1n) is 8.08. The number of rotatable bonds is 4. The molecule has 1 N–H and O–H groups in total. The molecule has 1 aromatic rings. The quantitative estimate of drug-likeness (QED) is 0.927. The summed E-state index contributed by atoms with van der Waals surface area (Å²) in [4.78, 5) is 14.0. The fourth-order valence-electron chi connectivity index (χ4n) is 3.13. The monoisotopic (exact) mass is 308 g/mol. The lowest BCUT2D eigenvalue weighted by atomic mass is 9.84. The topological polar surface area (TPSA) is 32.3 Å². The average molecular weight is 308 g/mol. The highest BCUT2D eigenvalue weighted by atomic mass is 19.1. The van der Waals surface area contributed by atoms with Gasteiger partial charge in [0.15, 0.2) is 0 Å². The summed E-state index contributed by atoms with van der Waals surface area (Å²) in [5.74, 6) is -0.346. The molecule has 1 aliphatic carbocycles. The van der Waals surface area contributed by atoms with Crippen LogP contribution in [0.5, 0.6) is 0 Å². The van der Waals surface area contributed by atoms with Gasteiger partial charge in [0, 0.05) is 37.2 Å². The van der Waals surface area contributed by atoms with E-state index in [1.165, 1.54) is 12.1 Å². The molecular formula is C17H22F2N2O. The summed E-state index contributed by atoms with van der Waals surface area (Å²) in [6.45, 7) is 2.02. The van der Waals surface area contributed by atoms with Gasteiger partial charge in [-0.25, -0.2) is 8.78 Å². The number of benzene rings is 1. The maximum absolute atomic E-state index is 13.7. The predicted octanol–water partition coefficient (Wildman–Crippen LogP) is 2.85. The molecule has 2 aliphatic rings. The van der Waals surface area contributed by atoms with Crippen molar-refractivity contribution in [2.75, 3.05) is 13.1 Å². The highest BCUT2D eigenvalue weighted by molar-refractivity contribution is 5.79. The molecule has 1 saturated carbocycles. The molecule has 2 fully saturated rings. The Balaban J connectivity index is 1.47. The van der Waals surface area contributed by atoms with E-state index in [4.69, 9.17) is 0 Å². The Kier molecular flexibility index (Phi) is 4.71. The molecule has 0 atom stereocenters. The van der Waals surface area contributed by atoms with Crippen molar-refractivity contribution >= 4 is 5.91 Å². The zero-order valence-electron chi connectivity index (χ0n) is 12.7. The molecule has 120 valence electrons. The lowest BCUT2D eigenvalue weighted by Crippen LogP contribution is -2.47. The highest BCUT2D eigenvalue weighted by Crippen LogP contribution is 2.27. The van der Waals surface area contributed by atoms with Crippen LogP contribution in [0.25, 0.3) is 0 Å². The minimum absolute atomic E-state index is 0.195. The average Bonchev–Trinajstić information content (AvgIpc) is 2.43. The van der Waals surface area contributed by atoms with Crippen molar-refractivity contribution in [3.8, 4) is 0 Å². The van der Waals surface area contributed by atoms with E-state index in [0.29, 0.717) is 12.1 Å². The molecule has 0 spiro atoms. The fourth-order valence-corrected chi connectivity index (χ4v) is 3.13. The van der Waals surface area contributed by atoms with Gasteiger partial charge in [-0.05, 0) is 43.9 Å². The second kappa shape index (κ2) is 6.73. The molecule has 5 heteroatoms. The first kappa shape index (κ1) is 15.4. The van der Waals surface area contributed by atoms with E-state index in [1.54, 1.807) is 0 Å². The van der Waals surface area contributed by atoms with Crippen LogP contribution in [-0.4, -0.2) is 29.9 Å². The lowest BCUT2D eigenvalue weighted by Gasteiger charge is -2.34. The third-order valence-corrected chi connectivity index (χ3v) is 4.81. The summed E-state index contributed by atoms with van der Waals surface area (Å²) in [5.41, 5.74) is 0.400. The number of carbonyl (C=O) groups excluding carboxylic acids is 1. The third kappa shape index (κ3) is 3.64. The summed E-state index contributed by atoms with van der Waals surface area (Å²) in [5, 5.41) is 3.13. The Morgan fingerprint density at radius 1 is 1.18 bits per heavy atom. The number of hydrogen-bond acceptors (Lipinski definition) is 2. The minimum atomic E-state index is -0.404. The van der Waals surface area contributed by atoms with Crippen molar-refractivity contribution in [2.24, 2.45) is 5.92 Å². The molecule has 0 radical (unpaired) electrons. The largest absolute Gasteiger partial charge is 0.353 e. The Bertz CT molecular complexity index is 537. The van der Waals surface area contributed by atoms with E-state index in [0.717, 1.165) is 51.3 Å². The fraction of sp³-hybridized carbons (Fsp3) is 0.588. The van der Waals surface area contributed by atoms with E-state index in [2.05, 4.69) is 10.2 Å². The standard InChI is InChI=1S/C17H22F2N2O/c18-14-4-5-16(19)13(10-14)11-21-8-6-15(7-9-21)20-17(22)12-2-1-3-12/h4-5,10,12,15H,1-3,6-9,11H2,(H,20,22). The summed E-state index contributed by atoms with van der Waals surface area (Å²) < 4.78 is 26.8. The zero-order chi connectivity index (χ0) is 15.5. The van der Waals surface area contributed by atoms with Crippen molar-refractivity contribution in [3.05, 3.63) is 35.4 Å². The number of nitrogens with zero attached hydrogens (tertiary/aromatic N) is 1. The van der Waals surface area contributed by atoms with Crippen LogP contribution in [0.3, 0.4) is 0 Å². The highest BCUT2D eigenvalue weighted by Gasteiger charge is 2.28. The van der Waals surface area contributed by atoms with Gasteiger partial charge in [-0.15, -0.1) is 0 Å². The normalized spacial score (nSPS) is 20.6. The van der Waals surface area contributed by atoms with Crippen LogP contribution in [-0.2, 0) is 11.3 Å². The van der Waals surface area contributed by atoms with Crippen LogP contribution in [0.15, 0.2) is 18.2 Å². The summed E-state index contributed by atoms with van der Waals surface area (Å²) in [6, 6.07) is 3.80. The lowest BCUT2D eigenvalue weighted by molar-refractivity contribution is -0.128. The maximum atomic E-state index is 13.7. The summed E-state index contributed by atoms with van der Waals surface area (Å²) in [7, 11) is 0. The van der Waals surface area contributed by atoms with E-state index < -0.39 is 5.82 Å². The number of carbonyl (C=O) groups is 1.